The number of hydrogen-bond acceptors (Lipinski definition) is 4. The van der Waals surface area contributed by atoms with Crippen LogP contribution < -0.4 is 5.73 Å². The molecule has 1 atom stereocenters. The van der Waals surface area contributed by atoms with Gasteiger partial charge in [-0.2, -0.15) is 0 Å². The van der Waals surface area contributed by atoms with Gasteiger partial charge in [0.2, 0.25) is 0 Å². The topological polar surface area (TPSA) is 59.1 Å². The Morgan fingerprint density at radius 1 is 1.67 bits per heavy atom. The molecule has 0 fully saturated rings. The van der Waals surface area contributed by atoms with Crippen molar-refractivity contribution in [3.05, 3.63) is 18.3 Å². The minimum atomic E-state index is 0.163. The molecule has 0 saturated heterocycles. The summed E-state index contributed by atoms with van der Waals surface area (Å²) in [6.07, 6.45) is 1.62. The Labute approximate surface area is 76.0 Å². The standard InChI is InChI=1S/C8H12N2OS/c1-6(5-11)12-8-3-2-7(9)4-10-8/h2-4,6,11H,5,9H2,1H3. The van der Waals surface area contributed by atoms with Gasteiger partial charge in [0.05, 0.1) is 23.5 Å². The first-order chi connectivity index (χ1) is 5.72. The Kier molecular flexibility index (Phi) is 3.37. The largest absolute Gasteiger partial charge is 0.397 e. The van der Waals surface area contributed by atoms with Crippen LogP contribution in [-0.4, -0.2) is 21.9 Å². The summed E-state index contributed by atoms with van der Waals surface area (Å²) >= 11 is 1.54. The summed E-state index contributed by atoms with van der Waals surface area (Å²) in [4.78, 5) is 4.09. The number of anilines is 1. The van der Waals surface area contributed by atoms with E-state index in [0.29, 0.717) is 5.69 Å². The van der Waals surface area contributed by atoms with E-state index in [1.54, 1.807) is 12.3 Å². The highest BCUT2D eigenvalue weighted by Crippen LogP contribution is 2.20. The summed E-state index contributed by atoms with van der Waals surface area (Å²) in [5.41, 5.74) is 6.13. The Balaban J connectivity index is 2.58. The number of nitrogens with two attached hydrogens (primary N) is 1. The second-order valence-corrected chi connectivity index (χ2v) is 4.00. The van der Waals surface area contributed by atoms with Crippen molar-refractivity contribution in [2.75, 3.05) is 12.3 Å². The molecule has 1 heterocycles. The predicted octanol–water partition coefficient (Wildman–Crippen LogP) is 1.14. The second-order valence-electron chi connectivity index (χ2n) is 2.54. The third-order valence-corrected chi connectivity index (χ3v) is 2.37. The Hall–Kier alpha value is -0.740. The van der Waals surface area contributed by atoms with Crippen LogP contribution in [0.2, 0.25) is 0 Å². The predicted molar refractivity (Wildman–Crippen MR) is 51.1 cm³/mol. The third-order valence-electron chi connectivity index (χ3n) is 1.34. The molecule has 1 unspecified atom stereocenters. The van der Waals surface area contributed by atoms with E-state index in [9.17, 15) is 0 Å². The van der Waals surface area contributed by atoms with Crippen molar-refractivity contribution in [3.63, 3.8) is 0 Å². The van der Waals surface area contributed by atoms with Crippen LogP contribution in [0, 0.1) is 0 Å². The van der Waals surface area contributed by atoms with Crippen LogP contribution in [0.15, 0.2) is 23.4 Å². The molecule has 1 aromatic rings. The molecule has 66 valence electrons. The molecular weight excluding hydrogens is 172 g/mol. The first-order valence-electron chi connectivity index (χ1n) is 3.71. The molecule has 0 radical (unpaired) electrons. The Morgan fingerprint density at radius 3 is 2.92 bits per heavy atom. The zero-order chi connectivity index (χ0) is 8.97. The number of rotatable bonds is 3. The molecule has 0 aliphatic heterocycles. The Morgan fingerprint density at radius 2 is 2.42 bits per heavy atom. The number of aliphatic hydroxyl groups excluding tert-OH is 1. The molecule has 3 nitrogen and oxygen atoms in total. The van der Waals surface area contributed by atoms with E-state index in [1.165, 1.54) is 11.8 Å². The van der Waals surface area contributed by atoms with Gasteiger partial charge in [-0.15, -0.1) is 11.8 Å². The van der Waals surface area contributed by atoms with Gasteiger partial charge in [-0.05, 0) is 12.1 Å². The highest BCUT2D eigenvalue weighted by molar-refractivity contribution is 7.99. The van der Waals surface area contributed by atoms with Gasteiger partial charge < -0.3 is 10.8 Å². The molecule has 0 bridgehead atoms. The maximum atomic E-state index is 8.78. The molecule has 0 aromatic carbocycles. The molecule has 0 saturated carbocycles. The van der Waals surface area contributed by atoms with E-state index in [-0.39, 0.29) is 11.9 Å². The van der Waals surface area contributed by atoms with Gasteiger partial charge in [0.1, 0.15) is 0 Å². The maximum absolute atomic E-state index is 8.78. The van der Waals surface area contributed by atoms with Crippen LogP contribution >= 0.6 is 11.8 Å². The van der Waals surface area contributed by atoms with Gasteiger partial charge in [-0.25, -0.2) is 4.98 Å². The van der Waals surface area contributed by atoms with Gasteiger partial charge in [0, 0.05) is 5.25 Å². The van der Waals surface area contributed by atoms with E-state index in [0.717, 1.165) is 5.03 Å². The van der Waals surface area contributed by atoms with Gasteiger partial charge in [-0.3, -0.25) is 0 Å². The minimum absolute atomic E-state index is 0.163. The lowest BCUT2D eigenvalue weighted by atomic mass is 10.4. The van der Waals surface area contributed by atoms with Crippen LogP contribution in [0.25, 0.3) is 0 Å². The summed E-state index contributed by atoms with van der Waals surface area (Å²) in [5, 5.41) is 9.85. The lowest BCUT2D eigenvalue weighted by molar-refractivity contribution is 0.300. The molecule has 0 amide bonds. The van der Waals surface area contributed by atoms with Crippen molar-refractivity contribution in [2.45, 2.75) is 17.2 Å². The molecule has 12 heavy (non-hydrogen) atoms. The molecule has 0 spiro atoms. The molecule has 3 N–H and O–H groups in total. The highest BCUT2D eigenvalue weighted by atomic mass is 32.2. The van der Waals surface area contributed by atoms with Crippen LogP contribution in [0.5, 0.6) is 0 Å². The number of aliphatic hydroxyl groups is 1. The lowest BCUT2D eigenvalue weighted by Gasteiger charge is -2.05. The van der Waals surface area contributed by atoms with E-state index >= 15 is 0 Å². The average Bonchev–Trinajstić information content (AvgIpc) is 2.09. The zero-order valence-corrected chi connectivity index (χ0v) is 7.71. The third kappa shape index (κ3) is 2.71. The highest BCUT2D eigenvalue weighted by Gasteiger charge is 2.02. The fourth-order valence-electron chi connectivity index (χ4n) is 0.705. The summed E-state index contributed by atoms with van der Waals surface area (Å²) in [6, 6.07) is 3.66. The lowest BCUT2D eigenvalue weighted by Crippen LogP contribution is -2.02. The summed E-state index contributed by atoms with van der Waals surface area (Å²) in [6.45, 7) is 2.11. The summed E-state index contributed by atoms with van der Waals surface area (Å²) in [5.74, 6) is 0. The van der Waals surface area contributed by atoms with Crippen molar-refractivity contribution in [1.82, 2.24) is 4.98 Å². The second kappa shape index (κ2) is 4.33. The first kappa shape index (κ1) is 9.35. The fraction of sp³-hybridized carbons (Fsp3) is 0.375. The quantitative estimate of drug-likeness (QED) is 0.691. The van der Waals surface area contributed by atoms with E-state index < -0.39 is 0 Å². The van der Waals surface area contributed by atoms with Gasteiger partial charge in [-0.1, -0.05) is 6.92 Å². The van der Waals surface area contributed by atoms with Crippen molar-refractivity contribution >= 4 is 17.4 Å². The number of nitrogen functional groups attached to an aromatic ring is 1. The smallest absolute Gasteiger partial charge is 0.0964 e. The zero-order valence-electron chi connectivity index (χ0n) is 6.90. The number of nitrogens with zero attached hydrogens (tertiary/aromatic N) is 1. The number of hydrogen-bond donors (Lipinski definition) is 2. The number of thioether (sulfide) groups is 1. The van der Waals surface area contributed by atoms with E-state index in [1.807, 2.05) is 13.0 Å². The van der Waals surface area contributed by atoms with Gasteiger partial charge in [0.15, 0.2) is 0 Å². The SMILES string of the molecule is CC(CO)Sc1ccc(N)cn1. The van der Waals surface area contributed by atoms with Crippen LogP contribution in [0.4, 0.5) is 5.69 Å². The van der Waals surface area contributed by atoms with Crippen LogP contribution in [0.1, 0.15) is 6.92 Å². The van der Waals surface area contributed by atoms with Gasteiger partial charge >= 0.3 is 0 Å². The molecule has 1 aromatic heterocycles. The fourth-order valence-corrected chi connectivity index (χ4v) is 1.45. The number of aromatic nitrogens is 1. The first-order valence-corrected chi connectivity index (χ1v) is 4.59. The minimum Gasteiger partial charge on any atom is -0.397 e. The molecule has 0 aliphatic rings. The average molecular weight is 184 g/mol. The summed E-state index contributed by atoms with van der Waals surface area (Å²) < 4.78 is 0. The van der Waals surface area contributed by atoms with Crippen LogP contribution in [0.3, 0.4) is 0 Å². The molecule has 4 heteroatoms. The maximum Gasteiger partial charge on any atom is 0.0964 e. The summed E-state index contributed by atoms with van der Waals surface area (Å²) in [7, 11) is 0. The normalized spacial score (nSPS) is 12.8. The van der Waals surface area contributed by atoms with E-state index in [2.05, 4.69) is 4.98 Å². The van der Waals surface area contributed by atoms with Crippen molar-refractivity contribution in [3.8, 4) is 0 Å². The molecule has 1 rings (SSSR count). The van der Waals surface area contributed by atoms with Crippen molar-refractivity contribution in [1.29, 1.82) is 0 Å². The van der Waals surface area contributed by atoms with Crippen molar-refractivity contribution in [2.24, 2.45) is 0 Å². The molecular formula is C8H12N2OS. The monoisotopic (exact) mass is 184 g/mol. The Bertz CT molecular complexity index is 237. The van der Waals surface area contributed by atoms with Crippen LogP contribution in [-0.2, 0) is 0 Å². The number of pyridine rings is 1. The molecule has 0 aliphatic carbocycles. The van der Waals surface area contributed by atoms with E-state index in [4.69, 9.17) is 10.8 Å². The van der Waals surface area contributed by atoms with Crippen molar-refractivity contribution < 1.29 is 5.11 Å². The van der Waals surface area contributed by atoms with Gasteiger partial charge in [0.25, 0.3) is 0 Å².